The van der Waals surface area contributed by atoms with E-state index >= 15 is 0 Å². The van der Waals surface area contributed by atoms with Crippen molar-refractivity contribution in [3.8, 4) is 0 Å². The molecule has 3 nitrogen and oxygen atoms in total. The molecule has 0 spiro atoms. The highest BCUT2D eigenvalue weighted by Crippen LogP contribution is 2.12. The second kappa shape index (κ2) is 7.11. The van der Waals surface area contributed by atoms with Crippen LogP contribution in [-0.2, 0) is 11.2 Å². The molecule has 1 unspecified atom stereocenters. The third-order valence-corrected chi connectivity index (χ3v) is 3.16. The highest BCUT2D eigenvalue weighted by Gasteiger charge is 2.14. The Bertz CT molecular complexity index is 378. The van der Waals surface area contributed by atoms with Gasteiger partial charge >= 0.3 is 5.97 Å². The summed E-state index contributed by atoms with van der Waals surface area (Å²) in [4.78, 5) is 12.6. The Morgan fingerprint density at radius 1 is 1.39 bits per heavy atom. The van der Waals surface area contributed by atoms with Gasteiger partial charge in [0.05, 0.1) is 6.42 Å². The summed E-state index contributed by atoms with van der Waals surface area (Å²) in [6.07, 6.45) is 1.90. The van der Waals surface area contributed by atoms with Gasteiger partial charge in [0.15, 0.2) is 0 Å². The van der Waals surface area contributed by atoms with E-state index in [-0.39, 0.29) is 18.3 Å². The molecule has 0 amide bonds. The van der Waals surface area contributed by atoms with Gasteiger partial charge in [0.1, 0.15) is 5.82 Å². The average molecular weight is 253 g/mol. The molecule has 0 bridgehead atoms. The number of carboxylic acid groups (broad SMARTS) is 1. The SMILES string of the molecule is CCC(Cc1ccc(F)cc1)N(C)CCC(=O)O. The minimum absolute atomic E-state index is 0.149. The molecule has 1 rings (SSSR count). The molecule has 0 radical (unpaired) electrons. The summed E-state index contributed by atoms with van der Waals surface area (Å²) in [6.45, 7) is 2.61. The summed E-state index contributed by atoms with van der Waals surface area (Å²) in [5.41, 5.74) is 1.07. The Labute approximate surface area is 107 Å². The second-order valence-corrected chi connectivity index (χ2v) is 4.52. The largest absolute Gasteiger partial charge is 0.481 e. The van der Waals surface area contributed by atoms with E-state index in [0.717, 1.165) is 18.4 Å². The van der Waals surface area contributed by atoms with E-state index in [1.807, 2.05) is 7.05 Å². The molecule has 1 aromatic carbocycles. The van der Waals surface area contributed by atoms with Crippen LogP contribution in [0.1, 0.15) is 25.3 Å². The number of rotatable bonds is 7. The molecule has 0 saturated heterocycles. The molecule has 0 heterocycles. The number of benzene rings is 1. The van der Waals surface area contributed by atoms with Crippen molar-refractivity contribution in [3.63, 3.8) is 0 Å². The summed E-state index contributed by atoms with van der Waals surface area (Å²) >= 11 is 0. The van der Waals surface area contributed by atoms with Crippen LogP contribution in [0.5, 0.6) is 0 Å². The maximum absolute atomic E-state index is 12.8. The van der Waals surface area contributed by atoms with Crippen LogP contribution >= 0.6 is 0 Å². The van der Waals surface area contributed by atoms with Gasteiger partial charge in [0.2, 0.25) is 0 Å². The first-order chi connectivity index (χ1) is 8.52. The summed E-state index contributed by atoms with van der Waals surface area (Å²) in [7, 11) is 1.93. The minimum atomic E-state index is -0.779. The smallest absolute Gasteiger partial charge is 0.304 e. The van der Waals surface area contributed by atoms with Crippen LogP contribution in [0, 0.1) is 5.82 Å². The van der Waals surface area contributed by atoms with E-state index in [0.29, 0.717) is 6.54 Å². The monoisotopic (exact) mass is 253 g/mol. The normalized spacial score (nSPS) is 12.7. The number of hydrogen-bond acceptors (Lipinski definition) is 2. The predicted molar refractivity (Wildman–Crippen MR) is 69.1 cm³/mol. The fourth-order valence-corrected chi connectivity index (χ4v) is 1.96. The van der Waals surface area contributed by atoms with Crippen LogP contribution in [0.3, 0.4) is 0 Å². The van der Waals surface area contributed by atoms with Crippen molar-refractivity contribution in [1.82, 2.24) is 4.90 Å². The van der Waals surface area contributed by atoms with E-state index in [4.69, 9.17) is 5.11 Å². The molecule has 0 aromatic heterocycles. The Kier molecular flexibility index (Phi) is 5.78. The van der Waals surface area contributed by atoms with E-state index < -0.39 is 5.97 Å². The van der Waals surface area contributed by atoms with E-state index in [2.05, 4.69) is 11.8 Å². The fourth-order valence-electron chi connectivity index (χ4n) is 1.96. The topological polar surface area (TPSA) is 40.5 Å². The highest BCUT2D eigenvalue weighted by molar-refractivity contribution is 5.66. The summed E-state index contributed by atoms with van der Waals surface area (Å²) in [5.74, 6) is -1.01. The van der Waals surface area contributed by atoms with Crippen molar-refractivity contribution in [1.29, 1.82) is 0 Å². The number of hydrogen-bond donors (Lipinski definition) is 1. The number of nitrogens with zero attached hydrogens (tertiary/aromatic N) is 1. The number of carboxylic acids is 1. The molecule has 18 heavy (non-hydrogen) atoms. The first-order valence-corrected chi connectivity index (χ1v) is 6.19. The molecule has 1 aromatic rings. The molecule has 0 aliphatic heterocycles. The molecular formula is C14H20FNO2. The average Bonchev–Trinajstić information content (AvgIpc) is 2.35. The summed E-state index contributed by atoms with van der Waals surface area (Å²) < 4.78 is 12.8. The number of likely N-dealkylation sites (N-methyl/N-ethyl adjacent to an activating group) is 1. The third kappa shape index (κ3) is 4.84. The Hall–Kier alpha value is -1.42. The van der Waals surface area contributed by atoms with Crippen molar-refractivity contribution < 1.29 is 14.3 Å². The molecular weight excluding hydrogens is 233 g/mol. The zero-order chi connectivity index (χ0) is 13.5. The van der Waals surface area contributed by atoms with Crippen LogP contribution in [0.25, 0.3) is 0 Å². The van der Waals surface area contributed by atoms with Gasteiger partial charge in [-0.15, -0.1) is 0 Å². The van der Waals surface area contributed by atoms with E-state index in [9.17, 15) is 9.18 Å². The van der Waals surface area contributed by atoms with Crippen molar-refractivity contribution in [3.05, 3.63) is 35.6 Å². The van der Waals surface area contributed by atoms with Gasteiger partial charge in [-0.2, -0.15) is 0 Å². The lowest BCUT2D eigenvalue weighted by Gasteiger charge is -2.26. The van der Waals surface area contributed by atoms with Gasteiger partial charge < -0.3 is 10.0 Å². The summed E-state index contributed by atoms with van der Waals surface area (Å²) in [5, 5.41) is 8.67. The zero-order valence-corrected chi connectivity index (χ0v) is 10.9. The molecule has 1 N–H and O–H groups in total. The lowest BCUT2D eigenvalue weighted by Crippen LogP contribution is -2.34. The van der Waals surface area contributed by atoms with E-state index in [1.54, 1.807) is 12.1 Å². The van der Waals surface area contributed by atoms with Crippen LogP contribution in [0.2, 0.25) is 0 Å². The van der Waals surface area contributed by atoms with Gasteiger partial charge in [-0.05, 0) is 37.6 Å². The lowest BCUT2D eigenvalue weighted by molar-refractivity contribution is -0.137. The van der Waals surface area contributed by atoms with Gasteiger partial charge in [-0.1, -0.05) is 19.1 Å². The molecule has 1 atom stereocenters. The maximum atomic E-state index is 12.8. The van der Waals surface area contributed by atoms with Crippen LogP contribution in [-0.4, -0.2) is 35.6 Å². The zero-order valence-electron chi connectivity index (χ0n) is 10.9. The second-order valence-electron chi connectivity index (χ2n) is 4.52. The van der Waals surface area contributed by atoms with E-state index in [1.165, 1.54) is 12.1 Å². The van der Waals surface area contributed by atoms with Gasteiger partial charge in [0.25, 0.3) is 0 Å². The Balaban J connectivity index is 2.55. The number of carbonyl (C=O) groups is 1. The van der Waals surface area contributed by atoms with Crippen LogP contribution in [0.15, 0.2) is 24.3 Å². The lowest BCUT2D eigenvalue weighted by atomic mass is 10.0. The van der Waals surface area contributed by atoms with Gasteiger partial charge in [-0.3, -0.25) is 4.79 Å². The number of halogens is 1. The predicted octanol–water partition coefficient (Wildman–Crippen LogP) is 2.55. The summed E-state index contributed by atoms with van der Waals surface area (Å²) in [6, 6.07) is 6.76. The van der Waals surface area contributed by atoms with Gasteiger partial charge in [0, 0.05) is 12.6 Å². The molecule has 4 heteroatoms. The van der Waals surface area contributed by atoms with Crippen molar-refractivity contribution in [2.24, 2.45) is 0 Å². The number of aliphatic carboxylic acids is 1. The molecule has 100 valence electrons. The maximum Gasteiger partial charge on any atom is 0.304 e. The highest BCUT2D eigenvalue weighted by atomic mass is 19.1. The van der Waals surface area contributed by atoms with Crippen molar-refractivity contribution >= 4 is 5.97 Å². The Morgan fingerprint density at radius 2 is 2.00 bits per heavy atom. The quantitative estimate of drug-likeness (QED) is 0.812. The van der Waals surface area contributed by atoms with Crippen LogP contribution < -0.4 is 0 Å². The Morgan fingerprint density at radius 3 is 2.50 bits per heavy atom. The fraction of sp³-hybridized carbons (Fsp3) is 0.500. The molecule has 0 aliphatic carbocycles. The standard InChI is InChI=1S/C14H20FNO2/c1-3-13(16(2)9-8-14(17)18)10-11-4-6-12(15)7-5-11/h4-7,13H,3,8-10H2,1-2H3,(H,17,18). The minimum Gasteiger partial charge on any atom is -0.481 e. The third-order valence-electron chi connectivity index (χ3n) is 3.16. The van der Waals surface area contributed by atoms with Gasteiger partial charge in [-0.25, -0.2) is 4.39 Å². The molecule has 0 saturated carbocycles. The van der Waals surface area contributed by atoms with Crippen molar-refractivity contribution in [2.45, 2.75) is 32.2 Å². The van der Waals surface area contributed by atoms with Crippen LogP contribution in [0.4, 0.5) is 4.39 Å². The van der Waals surface area contributed by atoms with Crippen molar-refractivity contribution in [2.75, 3.05) is 13.6 Å². The first kappa shape index (κ1) is 14.6. The first-order valence-electron chi connectivity index (χ1n) is 6.19. The molecule has 0 aliphatic rings. The molecule has 0 fully saturated rings.